The summed E-state index contributed by atoms with van der Waals surface area (Å²) < 4.78 is 11.7. The van der Waals surface area contributed by atoms with Crippen molar-refractivity contribution in [2.45, 2.75) is 39.2 Å². The fourth-order valence-corrected chi connectivity index (χ4v) is 4.58. The van der Waals surface area contributed by atoms with Gasteiger partial charge in [0.15, 0.2) is 5.90 Å². The Morgan fingerprint density at radius 3 is 2.39 bits per heavy atom. The lowest BCUT2D eigenvalue weighted by Crippen LogP contribution is -2.17. The molecule has 4 heteroatoms. The predicted octanol–water partition coefficient (Wildman–Crippen LogP) is 6.80. The summed E-state index contributed by atoms with van der Waals surface area (Å²) in [4.78, 5) is 8.73. The Balaban J connectivity index is 1.79. The molecule has 1 atom stereocenters. The standard InChI is InChI=1S/C29H30N2O2/c1-18-10-11-21(16-19(18)2)27-26(23-8-6-7-9-24(23)30-27)25(28-31-29(3,4)17-33-28)20-12-14-22(32-5)15-13-20/h6-16,25,30H,17H2,1-5H3. The molecule has 1 aliphatic heterocycles. The molecule has 0 amide bonds. The molecule has 168 valence electrons. The van der Waals surface area contributed by atoms with E-state index in [0.29, 0.717) is 6.61 Å². The average Bonchev–Trinajstić information content (AvgIpc) is 3.37. The van der Waals surface area contributed by atoms with Gasteiger partial charge in [0, 0.05) is 16.5 Å². The number of benzene rings is 3. The molecule has 0 aliphatic carbocycles. The van der Waals surface area contributed by atoms with Crippen molar-refractivity contribution in [1.82, 2.24) is 4.98 Å². The quantitative estimate of drug-likeness (QED) is 0.372. The van der Waals surface area contributed by atoms with E-state index in [1.54, 1.807) is 7.11 Å². The molecule has 3 aromatic carbocycles. The summed E-state index contributed by atoms with van der Waals surface area (Å²) in [5.41, 5.74) is 8.01. The fourth-order valence-electron chi connectivity index (χ4n) is 4.58. The van der Waals surface area contributed by atoms with Crippen LogP contribution in [0.3, 0.4) is 0 Å². The number of hydrogen-bond donors (Lipinski definition) is 1. The van der Waals surface area contributed by atoms with Crippen LogP contribution in [0.2, 0.25) is 0 Å². The molecule has 4 aromatic rings. The molecule has 1 aliphatic rings. The third-order valence-corrected chi connectivity index (χ3v) is 6.51. The van der Waals surface area contributed by atoms with Crippen LogP contribution in [-0.4, -0.2) is 30.1 Å². The van der Waals surface area contributed by atoms with E-state index >= 15 is 0 Å². The van der Waals surface area contributed by atoms with E-state index in [1.807, 2.05) is 12.1 Å². The van der Waals surface area contributed by atoms with Gasteiger partial charge in [-0.3, -0.25) is 0 Å². The molecule has 5 rings (SSSR count). The lowest BCUT2D eigenvalue weighted by molar-refractivity contribution is 0.273. The van der Waals surface area contributed by atoms with Gasteiger partial charge in [0.05, 0.1) is 24.3 Å². The zero-order valence-electron chi connectivity index (χ0n) is 19.9. The third-order valence-electron chi connectivity index (χ3n) is 6.51. The molecule has 2 heterocycles. The highest BCUT2D eigenvalue weighted by molar-refractivity contribution is 6.00. The van der Waals surface area contributed by atoms with Crippen molar-refractivity contribution in [2.75, 3.05) is 13.7 Å². The minimum Gasteiger partial charge on any atom is -0.497 e. The van der Waals surface area contributed by atoms with Crippen molar-refractivity contribution >= 4 is 16.8 Å². The van der Waals surface area contributed by atoms with Gasteiger partial charge in [0.1, 0.15) is 12.4 Å². The summed E-state index contributed by atoms with van der Waals surface area (Å²) >= 11 is 0. The van der Waals surface area contributed by atoms with Crippen molar-refractivity contribution in [1.29, 1.82) is 0 Å². The Hall–Kier alpha value is -3.53. The first-order valence-corrected chi connectivity index (χ1v) is 11.4. The van der Waals surface area contributed by atoms with E-state index in [2.05, 4.69) is 87.3 Å². The molecule has 0 bridgehead atoms. The first-order chi connectivity index (χ1) is 15.9. The molecule has 1 unspecified atom stereocenters. The summed E-state index contributed by atoms with van der Waals surface area (Å²) in [6.07, 6.45) is 0. The van der Waals surface area contributed by atoms with Gasteiger partial charge in [-0.25, -0.2) is 4.99 Å². The van der Waals surface area contributed by atoms with Crippen molar-refractivity contribution in [2.24, 2.45) is 4.99 Å². The van der Waals surface area contributed by atoms with Crippen LogP contribution >= 0.6 is 0 Å². The zero-order valence-corrected chi connectivity index (χ0v) is 19.9. The number of aliphatic imine (C=N–C) groups is 1. The van der Waals surface area contributed by atoms with Crippen molar-refractivity contribution in [3.63, 3.8) is 0 Å². The molecular formula is C29H30N2O2. The number of fused-ring (bicyclic) bond motifs is 1. The minimum atomic E-state index is -0.243. The number of nitrogens with zero attached hydrogens (tertiary/aromatic N) is 1. The topological polar surface area (TPSA) is 46.6 Å². The van der Waals surface area contributed by atoms with Crippen LogP contribution in [0.15, 0.2) is 71.7 Å². The Bertz CT molecular complexity index is 1350. The molecular weight excluding hydrogens is 408 g/mol. The molecule has 1 aromatic heterocycles. The van der Waals surface area contributed by atoms with Crippen molar-refractivity contribution in [3.05, 3.63) is 89.0 Å². The number of nitrogens with one attached hydrogen (secondary N) is 1. The normalized spacial score (nSPS) is 15.8. The molecule has 4 nitrogen and oxygen atoms in total. The highest BCUT2D eigenvalue weighted by atomic mass is 16.5. The summed E-state index contributed by atoms with van der Waals surface area (Å²) in [6.45, 7) is 9.12. The van der Waals surface area contributed by atoms with Gasteiger partial charge >= 0.3 is 0 Å². The third kappa shape index (κ3) is 3.91. The monoisotopic (exact) mass is 438 g/mol. The smallest absolute Gasteiger partial charge is 0.196 e. The van der Waals surface area contributed by atoms with Crippen LogP contribution in [0.4, 0.5) is 0 Å². The summed E-state index contributed by atoms with van der Waals surface area (Å²) in [5, 5.41) is 1.18. The van der Waals surface area contributed by atoms with Crippen molar-refractivity contribution < 1.29 is 9.47 Å². The van der Waals surface area contributed by atoms with E-state index in [9.17, 15) is 0 Å². The van der Waals surface area contributed by atoms with Gasteiger partial charge in [-0.05, 0) is 74.2 Å². The molecule has 0 saturated carbocycles. The number of para-hydroxylation sites is 1. The Morgan fingerprint density at radius 2 is 1.73 bits per heavy atom. The van der Waals surface area contributed by atoms with Crippen LogP contribution < -0.4 is 4.74 Å². The highest BCUT2D eigenvalue weighted by Gasteiger charge is 2.35. The van der Waals surface area contributed by atoms with Crippen molar-refractivity contribution in [3.8, 4) is 17.0 Å². The minimum absolute atomic E-state index is 0.134. The number of aromatic nitrogens is 1. The number of H-pyrrole nitrogens is 1. The number of methoxy groups -OCH3 is 1. The first kappa shape index (κ1) is 21.3. The van der Waals surface area contributed by atoms with Gasteiger partial charge in [0.2, 0.25) is 0 Å². The second kappa shape index (κ2) is 8.11. The fraction of sp³-hybridized carbons (Fsp3) is 0.276. The van der Waals surface area contributed by atoms with Crippen LogP contribution in [-0.2, 0) is 4.74 Å². The molecule has 33 heavy (non-hydrogen) atoms. The lowest BCUT2D eigenvalue weighted by Gasteiger charge is -2.20. The van der Waals surface area contributed by atoms with Crippen LogP contribution in [0.1, 0.15) is 42.0 Å². The van der Waals surface area contributed by atoms with Gasteiger partial charge in [-0.1, -0.05) is 42.5 Å². The second-order valence-corrected chi connectivity index (χ2v) is 9.52. The van der Waals surface area contributed by atoms with E-state index in [1.165, 1.54) is 27.6 Å². The van der Waals surface area contributed by atoms with Gasteiger partial charge in [0.25, 0.3) is 0 Å². The molecule has 0 fully saturated rings. The second-order valence-electron chi connectivity index (χ2n) is 9.52. The Morgan fingerprint density at radius 1 is 0.970 bits per heavy atom. The first-order valence-electron chi connectivity index (χ1n) is 11.4. The Kier molecular flexibility index (Phi) is 5.24. The SMILES string of the molecule is COc1ccc(C(C2=NC(C)(C)CO2)c2c(-c3ccc(C)c(C)c3)[nH]c3ccccc23)cc1. The number of ether oxygens (including phenoxy) is 2. The largest absolute Gasteiger partial charge is 0.497 e. The molecule has 0 radical (unpaired) electrons. The Labute approximate surface area is 195 Å². The lowest BCUT2D eigenvalue weighted by atomic mass is 9.86. The maximum absolute atomic E-state index is 6.25. The van der Waals surface area contributed by atoms with Gasteiger partial charge in [-0.15, -0.1) is 0 Å². The maximum atomic E-state index is 6.25. The van der Waals surface area contributed by atoms with E-state index in [0.717, 1.165) is 28.4 Å². The van der Waals surface area contributed by atoms with E-state index in [4.69, 9.17) is 14.5 Å². The zero-order chi connectivity index (χ0) is 23.2. The molecule has 0 saturated heterocycles. The number of rotatable bonds is 5. The number of aromatic amines is 1. The summed E-state index contributed by atoms with van der Waals surface area (Å²) in [7, 11) is 1.69. The van der Waals surface area contributed by atoms with Gasteiger partial charge in [-0.2, -0.15) is 0 Å². The van der Waals surface area contributed by atoms with E-state index < -0.39 is 0 Å². The highest BCUT2D eigenvalue weighted by Crippen LogP contribution is 2.42. The summed E-state index contributed by atoms with van der Waals surface area (Å²) in [5.74, 6) is 1.46. The van der Waals surface area contributed by atoms with Crippen LogP contribution in [0.25, 0.3) is 22.2 Å². The predicted molar refractivity (Wildman–Crippen MR) is 136 cm³/mol. The average molecular weight is 439 g/mol. The molecule has 0 spiro atoms. The van der Waals surface area contributed by atoms with Crippen LogP contribution in [0.5, 0.6) is 5.75 Å². The number of hydrogen-bond acceptors (Lipinski definition) is 3. The molecule has 1 N–H and O–H groups in total. The van der Waals surface area contributed by atoms with Crippen LogP contribution in [0, 0.1) is 13.8 Å². The van der Waals surface area contributed by atoms with E-state index in [-0.39, 0.29) is 11.5 Å². The number of aryl methyl sites for hydroxylation is 2. The van der Waals surface area contributed by atoms with Gasteiger partial charge < -0.3 is 14.5 Å². The summed E-state index contributed by atoms with van der Waals surface area (Å²) in [6, 6.07) is 23.4. The maximum Gasteiger partial charge on any atom is 0.196 e.